The molecule has 0 radical (unpaired) electrons. The Hall–Kier alpha value is -2.93. The summed E-state index contributed by atoms with van der Waals surface area (Å²) in [5, 5.41) is 2.91. The van der Waals surface area contributed by atoms with Crippen LogP contribution in [0.15, 0.2) is 53.5 Å². The minimum Gasteiger partial charge on any atom is -0.351 e. The first kappa shape index (κ1) is 17.9. The summed E-state index contributed by atoms with van der Waals surface area (Å²) in [7, 11) is 0. The van der Waals surface area contributed by atoms with Gasteiger partial charge in [-0.3, -0.25) is 19.3 Å². The third-order valence-corrected chi connectivity index (χ3v) is 4.41. The number of carbonyl (C=O) groups excluding carboxylic acids is 2. The van der Waals surface area contributed by atoms with Gasteiger partial charge < -0.3 is 15.2 Å². The van der Waals surface area contributed by atoms with E-state index < -0.39 is 0 Å². The Labute approximate surface area is 151 Å². The van der Waals surface area contributed by atoms with E-state index in [9.17, 15) is 14.4 Å². The molecule has 2 aromatic rings. The van der Waals surface area contributed by atoms with E-state index in [1.165, 1.54) is 12.3 Å². The van der Waals surface area contributed by atoms with Gasteiger partial charge in [0.25, 0.3) is 11.5 Å². The Bertz CT molecular complexity index is 811. The Kier molecular flexibility index (Phi) is 5.80. The number of carbonyl (C=O) groups is 2. The number of hydrogen-bond acceptors (Lipinski definition) is 4. The van der Waals surface area contributed by atoms with E-state index in [0.29, 0.717) is 39.3 Å². The number of pyridine rings is 1. The van der Waals surface area contributed by atoms with Crippen molar-refractivity contribution < 1.29 is 9.59 Å². The molecule has 0 atom stereocenters. The summed E-state index contributed by atoms with van der Waals surface area (Å²) < 4.78 is 0. The molecule has 0 bridgehead atoms. The molecule has 2 amide bonds. The standard InChI is InChI=1S/C19H22N4O3/c24-17(21-13-15-5-2-1-3-6-15)14-22-9-11-23(12-10-22)19(26)16-7-4-8-20-18(16)25/h1-8H,9-14H2,(H,20,25)(H,21,24). The van der Waals surface area contributed by atoms with Gasteiger partial charge in [-0.1, -0.05) is 30.3 Å². The van der Waals surface area contributed by atoms with Crippen LogP contribution in [0.2, 0.25) is 0 Å². The van der Waals surface area contributed by atoms with Crippen molar-refractivity contribution >= 4 is 11.8 Å². The lowest BCUT2D eigenvalue weighted by Gasteiger charge is -2.34. The number of nitrogens with one attached hydrogen (secondary N) is 2. The van der Waals surface area contributed by atoms with Crippen LogP contribution >= 0.6 is 0 Å². The van der Waals surface area contributed by atoms with Crippen molar-refractivity contribution in [3.63, 3.8) is 0 Å². The van der Waals surface area contributed by atoms with Gasteiger partial charge in [-0.2, -0.15) is 0 Å². The highest BCUT2D eigenvalue weighted by Crippen LogP contribution is 2.06. The fourth-order valence-electron chi connectivity index (χ4n) is 2.92. The van der Waals surface area contributed by atoms with Crippen molar-refractivity contribution in [2.45, 2.75) is 6.54 Å². The summed E-state index contributed by atoms with van der Waals surface area (Å²) in [4.78, 5) is 42.4. The van der Waals surface area contributed by atoms with Gasteiger partial charge >= 0.3 is 0 Å². The molecule has 1 aromatic carbocycles. The number of aromatic amines is 1. The lowest BCUT2D eigenvalue weighted by Crippen LogP contribution is -2.51. The smallest absolute Gasteiger partial charge is 0.260 e. The van der Waals surface area contributed by atoms with Crippen molar-refractivity contribution in [1.29, 1.82) is 0 Å². The second-order valence-electron chi connectivity index (χ2n) is 6.24. The molecule has 7 heteroatoms. The maximum absolute atomic E-state index is 12.4. The SMILES string of the molecule is O=C(CN1CCN(C(=O)c2ccc[nH]c2=O)CC1)NCc1ccccc1. The van der Waals surface area contributed by atoms with Crippen LogP contribution in [0.5, 0.6) is 0 Å². The van der Waals surface area contributed by atoms with Crippen LogP contribution in [-0.4, -0.2) is 59.3 Å². The molecule has 0 saturated carbocycles. The maximum Gasteiger partial charge on any atom is 0.260 e. The molecule has 1 fully saturated rings. The second-order valence-corrected chi connectivity index (χ2v) is 6.24. The Morgan fingerprint density at radius 1 is 1.00 bits per heavy atom. The number of rotatable bonds is 5. The predicted molar refractivity (Wildman–Crippen MR) is 97.7 cm³/mol. The molecular formula is C19H22N4O3. The summed E-state index contributed by atoms with van der Waals surface area (Å²) in [6.45, 7) is 3.03. The van der Waals surface area contributed by atoms with Crippen molar-refractivity contribution in [2.24, 2.45) is 0 Å². The number of hydrogen-bond donors (Lipinski definition) is 2. The molecule has 1 aromatic heterocycles. The lowest BCUT2D eigenvalue weighted by molar-refractivity contribution is -0.122. The number of amides is 2. The number of piperazine rings is 1. The highest BCUT2D eigenvalue weighted by atomic mass is 16.2. The second kappa shape index (κ2) is 8.44. The first-order valence-electron chi connectivity index (χ1n) is 8.63. The van der Waals surface area contributed by atoms with Gasteiger partial charge in [-0.25, -0.2) is 0 Å². The summed E-state index contributed by atoms with van der Waals surface area (Å²) in [6, 6.07) is 12.9. The van der Waals surface area contributed by atoms with Gasteiger partial charge in [-0.15, -0.1) is 0 Å². The zero-order valence-electron chi connectivity index (χ0n) is 14.5. The summed E-state index contributed by atoms with van der Waals surface area (Å²) >= 11 is 0. The van der Waals surface area contributed by atoms with E-state index in [0.717, 1.165) is 5.56 Å². The van der Waals surface area contributed by atoms with Crippen molar-refractivity contribution in [1.82, 2.24) is 20.1 Å². The zero-order chi connectivity index (χ0) is 18.4. The van der Waals surface area contributed by atoms with Gasteiger partial charge in [-0.05, 0) is 17.7 Å². The van der Waals surface area contributed by atoms with Gasteiger partial charge in [0.05, 0.1) is 6.54 Å². The fraction of sp³-hybridized carbons (Fsp3) is 0.316. The molecule has 26 heavy (non-hydrogen) atoms. The average molecular weight is 354 g/mol. The molecule has 1 aliphatic heterocycles. The van der Waals surface area contributed by atoms with Gasteiger partial charge in [0, 0.05) is 38.9 Å². The topological polar surface area (TPSA) is 85.5 Å². The Morgan fingerprint density at radius 3 is 2.42 bits per heavy atom. The zero-order valence-corrected chi connectivity index (χ0v) is 14.5. The van der Waals surface area contributed by atoms with Crippen LogP contribution in [0.3, 0.4) is 0 Å². The fourth-order valence-corrected chi connectivity index (χ4v) is 2.92. The van der Waals surface area contributed by atoms with E-state index in [2.05, 4.69) is 10.3 Å². The van der Waals surface area contributed by atoms with Gasteiger partial charge in [0.2, 0.25) is 5.91 Å². The first-order chi connectivity index (χ1) is 12.6. The van der Waals surface area contributed by atoms with Gasteiger partial charge in [0.1, 0.15) is 5.56 Å². The van der Waals surface area contributed by atoms with Crippen LogP contribution in [0.4, 0.5) is 0 Å². The molecule has 0 spiro atoms. The highest BCUT2D eigenvalue weighted by Gasteiger charge is 2.24. The Balaban J connectivity index is 1.45. The van der Waals surface area contributed by atoms with Crippen LogP contribution in [0.1, 0.15) is 15.9 Å². The molecule has 7 nitrogen and oxygen atoms in total. The van der Waals surface area contributed by atoms with E-state index in [4.69, 9.17) is 0 Å². The van der Waals surface area contributed by atoms with Crippen molar-refractivity contribution in [2.75, 3.05) is 32.7 Å². The predicted octanol–water partition coefficient (Wildman–Crippen LogP) is 0.449. The monoisotopic (exact) mass is 354 g/mol. The van der Waals surface area contributed by atoms with Crippen LogP contribution < -0.4 is 10.9 Å². The molecular weight excluding hydrogens is 332 g/mol. The van der Waals surface area contributed by atoms with Crippen LogP contribution in [-0.2, 0) is 11.3 Å². The van der Waals surface area contributed by atoms with Crippen LogP contribution in [0, 0.1) is 0 Å². The quantitative estimate of drug-likeness (QED) is 0.816. The summed E-state index contributed by atoms with van der Waals surface area (Å²) in [5.74, 6) is -0.298. The molecule has 2 heterocycles. The van der Waals surface area contributed by atoms with E-state index >= 15 is 0 Å². The third-order valence-electron chi connectivity index (χ3n) is 4.41. The normalized spacial score (nSPS) is 14.8. The minimum atomic E-state index is -0.375. The third kappa shape index (κ3) is 4.58. The molecule has 0 unspecified atom stereocenters. The van der Waals surface area contributed by atoms with E-state index in [1.807, 2.05) is 35.2 Å². The average Bonchev–Trinajstić information content (AvgIpc) is 2.68. The Morgan fingerprint density at radius 2 is 1.73 bits per heavy atom. The highest BCUT2D eigenvalue weighted by molar-refractivity contribution is 5.93. The van der Waals surface area contributed by atoms with E-state index in [-0.39, 0.29) is 22.9 Å². The summed E-state index contributed by atoms with van der Waals surface area (Å²) in [6.07, 6.45) is 1.51. The number of H-pyrrole nitrogens is 1. The number of benzene rings is 1. The van der Waals surface area contributed by atoms with Crippen LogP contribution in [0.25, 0.3) is 0 Å². The summed E-state index contributed by atoms with van der Waals surface area (Å²) in [5.41, 5.74) is 0.839. The maximum atomic E-state index is 12.4. The first-order valence-corrected chi connectivity index (χ1v) is 8.63. The molecule has 136 valence electrons. The molecule has 1 aliphatic rings. The number of aromatic nitrogens is 1. The van der Waals surface area contributed by atoms with Crippen molar-refractivity contribution in [3.05, 3.63) is 70.1 Å². The largest absolute Gasteiger partial charge is 0.351 e. The lowest BCUT2D eigenvalue weighted by atomic mass is 10.2. The molecule has 2 N–H and O–H groups in total. The number of nitrogens with zero attached hydrogens (tertiary/aromatic N) is 2. The minimum absolute atomic E-state index is 0.0341. The molecule has 1 saturated heterocycles. The molecule has 0 aliphatic carbocycles. The molecule has 3 rings (SSSR count). The van der Waals surface area contributed by atoms with Crippen molar-refractivity contribution in [3.8, 4) is 0 Å². The van der Waals surface area contributed by atoms with E-state index in [1.54, 1.807) is 11.0 Å². The van der Waals surface area contributed by atoms with Gasteiger partial charge in [0.15, 0.2) is 0 Å².